The van der Waals surface area contributed by atoms with E-state index in [2.05, 4.69) is 15.9 Å². The van der Waals surface area contributed by atoms with Crippen LogP contribution in [0, 0.1) is 6.92 Å². The fourth-order valence-corrected chi connectivity index (χ4v) is 4.10. The van der Waals surface area contributed by atoms with Gasteiger partial charge < -0.3 is 9.47 Å². The summed E-state index contributed by atoms with van der Waals surface area (Å²) in [4.78, 5) is 0.239. The number of ether oxygens (including phenoxy) is 2. The highest BCUT2D eigenvalue weighted by Gasteiger charge is 2.49. The lowest BCUT2D eigenvalue weighted by molar-refractivity contribution is 0.0337. The van der Waals surface area contributed by atoms with Gasteiger partial charge >= 0.3 is 0 Å². The van der Waals surface area contributed by atoms with Crippen molar-refractivity contribution >= 4 is 26.0 Å². The van der Waals surface area contributed by atoms with Crippen molar-refractivity contribution in [3.8, 4) is 0 Å². The first kappa shape index (κ1) is 14.5. The first-order valence-corrected chi connectivity index (χ1v) is 8.67. The molecule has 0 spiro atoms. The van der Waals surface area contributed by atoms with Crippen molar-refractivity contribution < 1.29 is 22.1 Å². The number of hydrogen-bond acceptors (Lipinski definition) is 5. The third kappa shape index (κ3) is 2.65. The van der Waals surface area contributed by atoms with Crippen molar-refractivity contribution in [3.63, 3.8) is 0 Å². The molecule has 0 saturated carbocycles. The molecule has 0 aliphatic carbocycles. The van der Waals surface area contributed by atoms with Crippen LogP contribution in [0.25, 0.3) is 0 Å². The third-order valence-electron chi connectivity index (χ3n) is 3.51. The molecular weight excluding hydrogens is 348 g/mol. The van der Waals surface area contributed by atoms with E-state index >= 15 is 0 Å². The van der Waals surface area contributed by atoms with Gasteiger partial charge in [0.15, 0.2) is 0 Å². The Morgan fingerprint density at radius 1 is 1.15 bits per heavy atom. The minimum atomic E-state index is -3.79. The minimum Gasteiger partial charge on any atom is -0.371 e. The van der Waals surface area contributed by atoms with E-state index in [1.807, 2.05) is 6.92 Å². The van der Waals surface area contributed by atoms with Crippen LogP contribution in [0.5, 0.6) is 0 Å². The molecule has 5 nitrogen and oxygen atoms in total. The second-order valence-electron chi connectivity index (χ2n) is 5.01. The van der Waals surface area contributed by atoms with E-state index < -0.39 is 16.2 Å². The molecular formula is C13H15BrO5S. The molecule has 4 atom stereocenters. The van der Waals surface area contributed by atoms with Crippen molar-refractivity contribution in [1.29, 1.82) is 0 Å². The second-order valence-corrected chi connectivity index (χ2v) is 7.76. The summed E-state index contributed by atoms with van der Waals surface area (Å²) >= 11 is 3.45. The smallest absolute Gasteiger partial charge is 0.297 e. The maximum atomic E-state index is 12.2. The Morgan fingerprint density at radius 2 is 1.80 bits per heavy atom. The quantitative estimate of drug-likeness (QED) is 0.604. The molecule has 2 fully saturated rings. The average molecular weight is 363 g/mol. The molecule has 110 valence electrons. The van der Waals surface area contributed by atoms with E-state index in [4.69, 9.17) is 13.7 Å². The van der Waals surface area contributed by atoms with Gasteiger partial charge in [-0.15, -0.1) is 0 Å². The molecule has 0 radical (unpaired) electrons. The van der Waals surface area contributed by atoms with Gasteiger partial charge in [-0.25, -0.2) is 0 Å². The molecule has 2 aliphatic rings. The fourth-order valence-electron chi connectivity index (χ4n) is 2.42. The van der Waals surface area contributed by atoms with Crippen LogP contribution in [-0.2, 0) is 23.8 Å². The Hall–Kier alpha value is -0.470. The molecule has 2 aliphatic heterocycles. The lowest BCUT2D eigenvalue weighted by Gasteiger charge is -2.16. The highest BCUT2D eigenvalue weighted by molar-refractivity contribution is 9.09. The summed E-state index contributed by atoms with van der Waals surface area (Å²) in [6.07, 6.45) is -1.07. The summed E-state index contributed by atoms with van der Waals surface area (Å²) in [5, 5.41) is 0. The number of aryl methyl sites for hydroxylation is 1. The monoisotopic (exact) mass is 362 g/mol. The van der Waals surface area contributed by atoms with Gasteiger partial charge in [0.1, 0.15) is 18.3 Å². The number of rotatable bonds is 3. The normalized spacial score (nSPS) is 33.3. The molecule has 20 heavy (non-hydrogen) atoms. The Bertz CT molecular complexity index is 585. The Labute approximate surface area is 126 Å². The van der Waals surface area contributed by atoms with Crippen LogP contribution < -0.4 is 0 Å². The number of alkyl halides is 1. The standard InChI is InChI=1S/C13H15BrO5S/c1-8-2-4-9(5-3-8)20(15,16)19-11-7-18-12-10(14)6-17-13(11)12/h2-5,10-13H,6-7H2,1H3/t10-,11+,12+,13-/m0/s1. The lowest BCUT2D eigenvalue weighted by Crippen LogP contribution is -2.33. The van der Waals surface area contributed by atoms with Crippen LogP contribution in [0.1, 0.15) is 5.56 Å². The topological polar surface area (TPSA) is 61.8 Å². The van der Waals surface area contributed by atoms with E-state index in [-0.39, 0.29) is 28.5 Å². The molecule has 0 bridgehead atoms. The van der Waals surface area contributed by atoms with Gasteiger partial charge in [-0.05, 0) is 19.1 Å². The van der Waals surface area contributed by atoms with Gasteiger partial charge in [0.05, 0.1) is 22.9 Å². The second kappa shape index (κ2) is 5.38. The first-order chi connectivity index (χ1) is 9.47. The van der Waals surface area contributed by atoms with Gasteiger partial charge in [-0.1, -0.05) is 33.6 Å². The Morgan fingerprint density at radius 3 is 2.50 bits per heavy atom. The average Bonchev–Trinajstić information content (AvgIpc) is 2.95. The van der Waals surface area contributed by atoms with E-state index in [0.717, 1.165) is 5.56 Å². The van der Waals surface area contributed by atoms with Gasteiger partial charge in [-0.2, -0.15) is 8.42 Å². The highest BCUT2D eigenvalue weighted by Crippen LogP contribution is 2.33. The van der Waals surface area contributed by atoms with E-state index in [0.29, 0.717) is 6.61 Å². The number of fused-ring (bicyclic) bond motifs is 1. The zero-order valence-electron chi connectivity index (χ0n) is 10.9. The van der Waals surface area contributed by atoms with Gasteiger partial charge in [0, 0.05) is 0 Å². The van der Waals surface area contributed by atoms with E-state index in [1.54, 1.807) is 24.3 Å². The molecule has 0 unspecified atom stereocenters. The molecule has 2 heterocycles. The molecule has 0 amide bonds. The lowest BCUT2D eigenvalue weighted by atomic mass is 10.1. The summed E-state index contributed by atoms with van der Waals surface area (Å²) in [7, 11) is -3.79. The van der Waals surface area contributed by atoms with Crippen LogP contribution in [-0.4, -0.2) is 44.8 Å². The number of hydrogen-bond donors (Lipinski definition) is 0. The first-order valence-electron chi connectivity index (χ1n) is 6.34. The molecule has 0 aromatic heterocycles. The van der Waals surface area contributed by atoms with Crippen LogP contribution in [0.4, 0.5) is 0 Å². The Balaban J connectivity index is 1.76. The molecule has 7 heteroatoms. The summed E-state index contributed by atoms with van der Waals surface area (Å²) in [5.74, 6) is 0. The van der Waals surface area contributed by atoms with Crippen molar-refractivity contribution in [2.45, 2.75) is 35.0 Å². The Kier molecular flexibility index (Phi) is 3.89. The zero-order chi connectivity index (χ0) is 14.3. The van der Waals surface area contributed by atoms with Gasteiger partial charge in [0.2, 0.25) is 0 Å². The summed E-state index contributed by atoms with van der Waals surface area (Å²) < 4.78 is 40.8. The molecule has 1 aromatic rings. The predicted octanol–water partition coefficient (Wildman–Crippen LogP) is 1.63. The molecule has 3 rings (SSSR count). The van der Waals surface area contributed by atoms with Crippen LogP contribution in [0.2, 0.25) is 0 Å². The van der Waals surface area contributed by atoms with Crippen molar-refractivity contribution in [3.05, 3.63) is 29.8 Å². The van der Waals surface area contributed by atoms with Crippen molar-refractivity contribution in [1.82, 2.24) is 0 Å². The van der Waals surface area contributed by atoms with Crippen molar-refractivity contribution in [2.24, 2.45) is 0 Å². The van der Waals surface area contributed by atoms with E-state index in [9.17, 15) is 8.42 Å². The van der Waals surface area contributed by atoms with Crippen LogP contribution in [0.3, 0.4) is 0 Å². The maximum absolute atomic E-state index is 12.2. The molecule has 1 aromatic carbocycles. The van der Waals surface area contributed by atoms with Crippen molar-refractivity contribution in [2.75, 3.05) is 13.2 Å². The largest absolute Gasteiger partial charge is 0.371 e. The van der Waals surface area contributed by atoms with Crippen LogP contribution >= 0.6 is 15.9 Å². The zero-order valence-corrected chi connectivity index (χ0v) is 13.3. The maximum Gasteiger partial charge on any atom is 0.297 e. The summed E-state index contributed by atoms with van der Waals surface area (Å²) in [6, 6.07) is 6.57. The minimum absolute atomic E-state index is 0.0863. The third-order valence-corrected chi connectivity index (χ3v) is 5.64. The fraction of sp³-hybridized carbons (Fsp3) is 0.538. The summed E-state index contributed by atoms with van der Waals surface area (Å²) in [5.41, 5.74) is 0.995. The number of halogens is 1. The molecule has 0 N–H and O–H groups in total. The van der Waals surface area contributed by atoms with Gasteiger partial charge in [-0.3, -0.25) is 4.18 Å². The molecule has 2 saturated heterocycles. The SMILES string of the molecule is Cc1ccc(S(=O)(=O)O[C@@H]2CO[C@H]3[C@H]2OC[C@@H]3Br)cc1. The summed E-state index contributed by atoms with van der Waals surface area (Å²) in [6.45, 7) is 2.62. The van der Waals surface area contributed by atoms with E-state index in [1.165, 1.54) is 0 Å². The number of benzene rings is 1. The van der Waals surface area contributed by atoms with Crippen LogP contribution in [0.15, 0.2) is 29.2 Å². The van der Waals surface area contributed by atoms with Gasteiger partial charge in [0.25, 0.3) is 10.1 Å². The highest BCUT2D eigenvalue weighted by atomic mass is 79.9. The predicted molar refractivity (Wildman–Crippen MR) is 75.4 cm³/mol.